The standard InChI is InChI=1S/C14H18N2O3/c1-3-16(4-2)14(18)10-5-6-12-11(9-10)15-13(17)7-8-19-12/h5-6,9H,3-4,7-8H2,1-2H3,(H,15,17). The van der Waals surface area contributed by atoms with Gasteiger partial charge in [0.25, 0.3) is 5.91 Å². The molecule has 5 heteroatoms. The van der Waals surface area contributed by atoms with E-state index >= 15 is 0 Å². The van der Waals surface area contributed by atoms with Gasteiger partial charge < -0.3 is 15.0 Å². The van der Waals surface area contributed by atoms with Crippen molar-refractivity contribution in [3.05, 3.63) is 23.8 Å². The lowest BCUT2D eigenvalue weighted by atomic mass is 10.1. The van der Waals surface area contributed by atoms with E-state index in [-0.39, 0.29) is 11.8 Å². The second-order valence-electron chi connectivity index (χ2n) is 4.34. The first-order chi connectivity index (χ1) is 9.15. The number of fused-ring (bicyclic) bond motifs is 1. The van der Waals surface area contributed by atoms with Gasteiger partial charge in [-0.15, -0.1) is 0 Å². The maximum atomic E-state index is 12.2. The summed E-state index contributed by atoms with van der Waals surface area (Å²) in [6, 6.07) is 5.15. The van der Waals surface area contributed by atoms with Crippen molar-refractivity contribution in [3.8, 4) is 5.75 Å². The molecule has 1 N–H and O–H groups in total. The molecule has 0 saturated carbocycles. The van der Waals surface area contributed by atoms with E-state index in [0.29, 0.717) is 43.1 Å². The van der Waals surface area contributed by atoms with Gasteiger partial charge in [0.1, 0.15) is 5.75 Å². The molecule has 0 bridgehead atoms. The maximum Gasteiger partial charge on any atom is 0.253 e. The summed E-state index contributed by atoms with van der Waals surface area (Å²) in [5, 5.41) is 2.76. The van der Waals surface area contributed by atoms with Gasteiger partial charge in [0.15, 0.2) is 0 Å². The van der Waals surface area contributed by atoms with Crippen LogP contribution in [0.3, 0.4) is 0 Å². The minimum absolute atomic E-state index is 0.0358. The zero-order chi connectivity index (χ0) is 13.8. The van der Waals surface area contributed by atoms with Gasteiger partial charge in [-0.25, -0.2) is 0 Å². The Kier molecular flexibility index (Phi) is 4.04. The van der Waals surface area contributed by atoms with Gasteiger partial charge in [-0.05, 0) is 32.0 Å². The SMILES string of the molecule is CCN(CC)C(=O)c1ccc2c(c1)NC(=O)CCO2. The van der Waals surface area contributed by atoms with Crippen LogP contribution in [0.4, 0.5) is 5.69 Å². The third kappa shape index (κ3) is 2.86. The van der Waals surface area contributed by atoms with Gasteiger partial charge in [0.2, 0.25) is 5.91 Å². The van der Waals surface area contributed by atoms with Crippen LogP contribution in [0.25, 0.3) is 0 Å². The zero-order valence-corrected chi connectivity index (χ0v) is 11.2. The molecule has 1 aliphatic rings. The molecule has 0 fully saturated rings. The van der Waals surface area contributed by atoms with Crippen molar-refractivity contribution in [2.24, 2.45) is 0 Å². The van der Waals surface area contributed by atoms with Crippen molar-refractivity contribution in [1.82, 2.24) is 4.90 Å². The summed E-state index contributed by atoms with van der Waals surface area (Å²) < 4.78 is 5.46. The average Bonchev–Trinajstić information content (AvgIpc) is 2.59. The summed E-state index contributed by atoms with van der Waals surface area (Å²) in [4.78, 5) is 25.5. The lowest BCUT2D eigenvalue weighted by Gasteiger charge is -2.19. The number of carbonyl (C=O) groups excluding carboxylic acids is 2. The molecule has 0 atom stereocenters. The molecule has 1 aromatic carbocycles. The molecular formula is C14H18N2O3. The molecule has 1 heterocycles. The molecule has 1 aromatic rings. The highest BCUT2D eigenvalue weighted by Crippen LogP contribution is 2.28. The molecule has 0 saturated heterocycles. The van der Waals surface area contributed by atoms with Crippen LogP contribution >= 0.6 is 0 Å². The van der Waals surface area contributed by atoms with Gasteiger partial charge in [0, 0.05) is 18.7 Å². The Hall–Kier alpha value is -2.04. The quantitative estimate of drug-likeness (QED) is 0.905. The van der Waals surface area contributed by atoms with E-state index in [0.717, 1.165) is 0 Å². The first-order valence-corrected chi connectivity index (χ1v) is 6.51. The van der Waals surface area contributed by atoms with Gasteiger partial charge in [-0.3, -0.25) is 9.59 Å². The van der Waals surface area contributed by atoms with E-state index in [2.05, 4.69) is 5.32 Å². The average molecular weight is 262 g/mol. The molecule has 2 amide bonds. The summed E-state index contributed by atoms with van der Waals surface area (Å²) in [6.45, 7) is 5.57. The highest BCUT2D eigenvalue weighted by Gasteiger charge is 2.18. The van der Waals surface area contributed by atoms with Crippen molar-refractivity contribution in [1.29, 1.82) is 0 Å². The monoisotopic (exact) mass is 262 g/mol. The largest absolute Gasteiger partial charge is 0.491 e. The number of hydrogen-bond donors (Lipinski definition) is 1. The zero-order valence-electron chi connectivity index (χ0n) is 11.2. The van der Waals surface area contributed by atoms with Crippen molar-refractivity contribution in [3.63, 3.8) is 0 Å². The summed E-state index contributed by atoms with van der Waals surface area (Å²) in [6.07, 6.45) is 0.327. The number of hydrogen-bond acceptors (Lipinski definition) is 3. The van der Waals surface area contributed by atoms with E-state index in [1.54, 1.807) is 23.1 Å². The smallest absolute Gasteiger partial charge is 0.253 e. The molecule has 102 valence electrons. The number of nitrogens with one attached hydrogen (secondary N) is 1. The molecule has 0 spiro atoms. The van der Waals surface area contributed by atoms with Gasteiger partial charge in [-0.1, -0.05) is 0 Å². The highest BCUT2D eigenvalue weighted by atomic mass is 16.5. The summed E-state index contributed by atoms with van der Waals surface area (Å²) in [7, 11) is 0. The molecule has 19 heavy (non-hydrogen) atoms. The minimum Gasteiger partial charge on any atom is -0.491 e. The predicted molar refractivity (Wildman–Crippen MR) is 72.4 cm³/mol. The molecule has 0 aromatic heterocycles. The van der Waals surface area contributed by atoms with Crippen molar-refractivity contribution in [2.75, 3.05) is 25.0 Å². The number of ether oxygens (including phenoxy) is 1. The first kappa shape index (κ1) is 13.4. The van der Waals surface area contributed by atoms with Crippen LogP contribution in [0.15, 0.2) is 18.2 Å². The molecule has 2 rings (SSSR count). The number of benzene rings is 1. The van der Waals surface area contributed by atoms with Crippen molar-refractivity contribution in [2.45, 2.75) is 20.3 Å². The predicted octanol–water partition coefficient (Wildman–Crippen LogP) is 1.89. The van der Waals surface area contributed by atoms with Crippen LogP contribution in [0, 0.1) is 0 Å². The third-order valence-electron chi connectivity index (χ3n) is 3.14. The van der Waals surface area contributed by atoms with Crippen LogP contribution in [-0.4, -0.2) is 36.4 Å². The van der Waals surface area contributed by atoms with E-state index in [1.165, 1.54) is 0 Å². The molecule has 0 unspecified atom stereocenters. The van der Waals surface area contributed by atoms with Gasteiger partial charge >= 0.3 is 0 Å². The van der Waals surface area contributed by atoms with E-state index in [1.807, 2.05) is 13.8 Å². The second kappa shape index (κ2) is 5.73. The fraction of sp³-hybridized carbons (Fsp3) is 0.429. The normalized spacial score (nSPS) is 13.9. The van der Waals surface area contributed by atoms with Crippen molar-refractivity contribution >= 4 is 17.5 Å². The topological polar surface area (TPSA) is 58.6 Å². The Morgan fingerprint density at radius 2 is 2.11 bits per heavy atom. The van der Waals surface area contributed by atoms with E-state index < -0.39 is 0 Å². The Balaban J connectivity index is 2.29. The fourth-order valence-corrected chi connectivity index (χ4v) is 2.05. The van der Waals surface area contributed by atoms with Crippen molar-refractivity contribution < 1.29 is 14.3 Å². The highest BCUT2D eigenvalue weighted by molar-refractivity contribution is 5.98. The van der Waals surface area contributed by atoms with Gasteiger partial charge in [0.05, 0.1) is 18.7 Å². The molecule has 5 nitrogen and oxygen atoms in total. The number of anilines is 1. The Labute approximate surface area is 112 Å². The first-order valence-electron chi connectivity index (χ1n) is 6.51. The van der Waals surface area contributed by atoms with Crippen LogP contribution < -0.4 is 10.1 Å². The van der Waals surface area contributed by atoms with Crippen LogP contribution in [0.2, 0.25) is 0 Å². The number of carbonyl (C=O) groups is 2. The summed E-state index contributed by atoms with van der Waals surface area (Å²) >= 11 is 0. The van der Waals surface area contributed by atoms with Crippen LogP contribution in [0.1, 0.15) is 30.6 Å². The summed E-state index contributed by atoms with van der Waals surface area (Å²) in [5.41, 5.74) is 1.13. The molecular weight excluding hydrogens is 244 g/mol. The fourth-order valence-electron chi connectivity index (χ4n) is 2.05. The Bertz CT molecular complexity index is 495. The third-order valence-corrected chi connectivity index (χ3v) is 3.14. The molecule has 0 radical (unpaired) electrons. The Morgan fingerprint density at radius 1 is 1.37 bits per heavy atom. The number of amides is 2. The van der Waals surface area contributed by atoms with E-state index in [4.69, 9.17) is 4.74 Å². The Morgan fingerprint density at radius 3 is 2.79 bits per heavy atom. The number of rotatable bonds is 3. The lowest BCUT2D eigenvalue weighted by molar-refractivity contribution is -0.116. The molecule has 1 aliphatic heterocycles. The van der Waals surface area contributed by atoms with E-state index in [9.17, 15) is 9.59 Å². The van der Waals surface area contributed by atoms with Gasteiger partial charge in [-0.2, -0.15) is 0 Å². The van der Waals surface area contributed by atoms with Crippen LogP contribution in [-0.2, 0) is 4.79 Å². The summed E-state index contributed by atoms with van der Waals surface area (Å²) in [5.74, 6) is 0.486. The number of nitrogens with zero attached hydrogens (tertiary/aromatic N) is 1. The molecule has 0 aliphatic carbocycles. The minimum atomic E-state index is -0.0915. The second-order valence-corrected chi connectivity index (χ2v) is 4.34. The van der Waals surface area contributed by atoms with Crippen LogP contribution in [0.5, 0.6) is 5.75 Å². The maximum absolute atomic E-state index is 12.2. The lowest BCUT2D eigenvalue weighted by Crippen LogP contribution is -2.30.